The van der Waals surface area contributed by atoms with Crippen molar-refractivity contribution < 1.29 is 9.63 Å². The lowest BCUT2D eigenvalue weighted by Crippen LogP contribution is -2.43. The summed E-state index contributed by atoms with van der Waals surface area (Å²) in [5.41, 5.74) is 1.94. The standard InChI is InChI=1S/C16H28N4O2/c1-11-14(12(2)22-20-11)9-18-16(17-3)19-10-15(21)13-7-5-4-6-8-13/h13,15,21H,4-10H2,1-3H3,(H2,17,18,19). The van der Waals surface area contributed by atoms with E-state index in [1.165, 1.54) is 19.3 Å². The molecule has 1 fully saturated rings. The van der Waals surface area contributed by atoms with Crippen LogP contribution in [0.2, 0.25) is 0 Å². The van der Waals surface area contributed by atoms with Gasteiger partial charge in [-0.05, 0) is 32.6 Å². The zero-order valence-electron chi connectivity index (χ0n) is 13.9. The van der Waals surface area contributed by atoms with Crippen molar-refractivity contribution in [2.45, 2.75) is 58.6 Å². The third-order valence-corrected chi connectivity index (χ3v) is 4.51. The molecule has 124 valence electrons. The summed E-state index contributed by atoms with van der Waals surface area (Å²) in [4.78, 5) is 4.20. The van der Waals surface area contributed by atoms with Crippen molar-refractivity contribution in [2.75, 3.05) is 13.6 Å². The second kappa shape index (κ2) is 8.17. The zero-order chi connectivity index (χ0) is 15.9. The molecule has 6 nitrogen and oxygen atoms in total. The summed E-state index contributed by atoms with van der Waals surface area (Å²) in [6.45, 7) is 4.98. The fraction of sp³-hybridized carbons (Fsp3) is 0.750. The third-order valence-electron chi connectivity index (χ3n) is 4.51. The average Bonchev–Trinajstić information content (AvgIpc) is 2.87. The maximum absolute atomic E-state index is 10.3. The average molecular weight is 308 g/mol. The van der Waals surface area contributed by atoms with Crippen LogP contribution < -0.4 is 10.6 Å². The lowest BCUT2D eigenvalue weighted by atomic mass is 9.85. The summed E-state index contributed by atoms with van der Waals surface area (Å²) < 4.78 is 5.15. The molecule has 2 rings (SSSR count). The predicted molar refractivity (Wildman–Crippen MR) is 86.8 cm³/mol. The number of rotatable bonds is 5. The number of guanidine groups is 1. The molecule has 0 amide bonds. The number of hydrogen-bond donors (Lipinski definition) is 3. The number of aromatic nitrogens is 1. The van der Waals surface area contributed by atoms with Gasteiger partial charge in [-0.15, -0.1) is 0 Å². The van der Waals surface area contributed by atoms with Gasteiger partial charge in [-0.3, -0.25) is 4.99 Å². The van der Waals surface area contributed by atoms with E-state index >= 15 is 0 Å². The van der Waals surface area contributed by atoms with Gasteiger partial charge in [0.1, 0.15) is 5.76 Å². The van der Waals surface area contributed by atoms with Gasteiger partial charge in [0.05, 0.1) is 11.8 Å². The Morgan fingerprint density at radius 3 is 2.64 bits per heavy atom. The Kier molecular flexibility index (Phi) is 6.24. The summed E-state index contributed by atoms with van der Waals surface area (Å²) in [6.07, 6.45) is 5.73. The highest BCUT2D eigenvalue weighted by Crippen LogP contribution is 2.26. The van der Waals surface area contributed by atoms with Crippen LogP contribution in [-0.2, 0) is 6.54 Å². The lowest BCUT2D eigenvalue weighted by molar-refractivity contribution is 0.0880. The van der Waals surface area contributed by atoms with E-state index in [9.17, 15) is 5.11 Å². The Labute approximate surface area is 132 Å². The monoisotopic (exact) mass is 308 g/mol. The minimum atomic E-state index is -0.307. The number of hydrogen-bond acceptors (Lipinski definition) is 4. The van der Waals surface area contributed by atoms with Crippen LogP contribution >= 0.6 is 0 Å². The molecule has 0 radical (unpaired) electrons. The van der Waals surface area contributed by atoms with Gasteiger partial charge in [0.15, 0.2) is 5.96 Å². The van der Waals surface area contributed by atoms with Crippen molar-refractivity contribution in [3.8, 4) is 0 Å². The molecule has 6 heteroatoms. The third kappa shape index (κ3) is 4.47. The zero-order valence-corrected chi connectivity index (χ0v) is 13.9. The van der Waals surface area contributed by atoms with Crippen molar-refractivity contribution in [1.82, 2.24) is 15.8 Å². The van der Waals surface area contributed by atoms with Crippen molar-refractivity contribution in [1.29, 1.82) is 0 Å². The first-order valence-electron chi connectivity index (χ1n) is 8.16. The Hall–Kier alpha value is -1.56. The molecule has 3 N–H and O–H groups in total. The van der Waals surface area contributed by atoms with Crippen molar-refractivity contribution >= 4 is 5.96 Å². The minimum Gasteiger partial charge on any atom is -0.391 e. The van der Waals surface area contributed by atoms with Gasteiger partial charge in [0.25, 0.3) is 0 Å². The lowest BCUT2D eigenvalue weighted by Gasteiger charge is -2.27. The molecule has 0 aromatic carbocycles. The number of nitrogens with one attached hydrogen (secondary N) is 2. The van der Waals surface area contributed by atoms with E-state index < -0.39 is 0 Å². The molecule has 1 aliphatic carbocycles. The highest BCUT2D eigenvalue weighted by molar-refractivity contribution is 5.79. The molecule has 22 heavy (non-hydrogen) atoms. The van der Waals surface area contributed by atoms with Crippen LogP contribution in [0.3, 0.4) is 0 Å². The Bertz CT molecular complexity index is 473. The Balaban J connectivity index is 1.77. The summed E-state index contributed by atoms with van der Waals surface area (Å²) in [5.74, 6) is 1.93. The highest BCUT2D eigenvalue weighted by atomic mass is 16.5. The van der Waals surface area contributed by atoms with Crippen molar-refractivity contribution in [3.05, 3.63) is 17.0 Å². The van der Waals surface area contributed by atoms with E-state index in [2.05, 4.69) is 20.8 Å². The van der Waals surface area contributed by atoms with E-state index in [1.54, 1.807) is 7.05 Å². The van der Waals surface area contributed by atoms with Crippen LogP contribution in [0.1, 0.15) is 49.1 Å². The Morgan fingerprint density at radius 2 is 2.05 bits per heavy atom. The minimum absolute atomic E-state index is 0.307. The molecule has 1 unspecified atom stereocenters. The normalized spacial score (nSPS) is 18.3. The van der Waals surface area contributed by atoms with Gasteiger partial charge < -0.3 is 20.3 Å². The molecular formula is C16H28N4O2. The molecular weight excluding hydrogens is 280 g/mol. The molecule has 0 spiro atoms. The largest absolute Gasteiger partial charge is 0.391 e. The molecule has 0 bridgehead atoms. The quantitative estimate of drug-likeness (QED) is 0.571. The van der Waals surface area contributed by atoms with E-state index in [0.717, 1.165) is 29.9 Å². The first-order chi connectivity index (χ1) is 10.6. The molecule has 1 atom stereocenters. The number of aliphatic hydroxyl groups excluding tert-OH is 1. The molecule has 0 saturated heterocycles. The van der Waals surface area contributed by atoms with Crippen molar-refractivity contribution in [3.63, 3.8) is 0 Å². The smallest absolute Gasteiger partial charge is 0.191 e. The van der Waals surface area contributed by atoms with Crippen molar-refractivity contribution in [2.24, 2.45) is 10.9 Å². The van der Waals surface area contributed by atoms with Gasteiger partial charge in [0.2, 0.25) is 0 Å². The van der Waals surface area contributed by atoms with Crippen LogP contribution in [0, 0.1) is 19.8 Å². The summed E-state index contributed by atoms with van der Waals surface area (Å²) in [6, 6.07) is 0. The van der Waals surface area contributed by atoms with E-state index in [1.807, 2.05) is 13.8 Å². The van der Waals surface area contributed by atoms with Gasteiger partial charge in [-0.25, -0.2) is 0 Å². The topological polar surface area (TPSA) is 82.7 Å². The fourth-order valence-corrected chi connectivity index (χ4v) is 3.03. The number of nitrogens with zero attached hydrogens (tertiary/aromatic N) is 2. The second-order valence-corrected chi connectivity index (χ2v) is 6.07. The van der Waals surface area contributed by atoms with Gasteiger partial charge in [-0.2, -0.15) is 0 Å². The maximum atomic E-state index is 10.3. The molecule has 1 aromatic rings. The van der Waals surface area contributed by atoms with Gasteiger partial charge in [0, 0.05) is 25.7 Å². The number of aliphatic hydroxyl groups is 1. The number of aliphatic imine (C=N–C) groups is 1. The van der Waals surface area contributed by atoms with Crippen LogP contribution in [0.4, 0.5) is 0 Å². The fourth-order valence-electron chi connectivity index (χ4n) is 3.03. The summed E-state index contributed by atoms with van der Waals surface area (Å²) in [7, 11) is 1.73. The second-order valence-electron chi connectivity index (χ2n) is 6.07. The predicted octanol–water partition coefficient (Wildman–Crippen LogP) is 1.90. The SMILES string of the molecule is CN=C(NCc1c(C)noc1C)NCC(O)C1CCCCC1. The maximum Gasteiger partial charge on any atom is 0.191 e. The van der Waals surface area contributed by atoms with Crippen LogP contribution in [0.5, 0.6) is 0 Å². The van der Waals surface area contributed by atoms with E-state index in [-0.39, 0.29) is 6.10 Å². The highest BCUT2D eigenvalue weighted by Gasteiger charge is 2.21. The van der Waals surface area contributed by atoms with E-state index in [0.29, 0.717) is 25.0 Å². The first kappa shape index (κ1) is 16.8. The molecule has 1 aromatic heterocycles. The molecule has 1 heterocycles. The summed E-state index contributed by atoms with van der Waals surface area (Å²) >= 11 is 0. The van der Waals surface area contributed by atoms with Crippen LogP contribution in [0.15, 0.2) is 9.52 Å². The van der Waals surface area contributed by atoms with E-state index in [4.69, 9.17) is 4.52 Å². The van der Waals surface area contributed by atoms with Crippen LogP contribution in [-0.4, -0.2) is 35.9 Å². The summed E-state index contributed by atoms with van der Waals surface area (Å²) in [5, 5.41) is 20.7. The Morgan fingerprint density at radius 1 is 1.32 bits per heavy atom. The van der Waals surface area contributed by atoms with Gasteiger partial charge in [-0.1, -0.05) is 24.4 Å². The molecule has 0 aliphatic heterocycles. The van der Waals surface area contributed by atoms with Crippen LogP contribution in [0.25, 0.3) is 0 Å². The van der Waals surface area contributed by atoms with Gasteiger partial charge >= 0.3 is 0 Å². The molecule has 1 saturated carbocycles. The number of aryl methyl sites for hydroxylation is 2. The first-order valence-corrected chi connectivity index (χ1v) is 8.16. The molecule has 1 aliphatic rings.